The van der Waals surface area contributed by atoms with Crippen molar-refractivity contribution in [3.8, 4) is 0 Å². The molecule has 1 aromatic rings. The monoisotopic (exact) mass is 344 g/mol. The van der Waals surface area contributed by atoms with Gasteiger partial charge in [0.05, 0.1) is 13.0 Å². The first-order valence-electron chi connectivity index (χ1n) is 7.49. The predicted octanol–water partition coefficient (Wildman–Crippen LogP) is 1.09. The maximum Gasteiger partial charge on any atom is 0.308 e. The molecule has 0 saturated carbocycles. The van der Waals surface area contributed by atoms with Crippen LogP contribution in [-0.4, -0.2) is 45.4 Å². The van der Waals surface area contributed by atoms with Gasteiger partial charge >= 0.3 is 5.97 Å². The molecule has 1 heterocycles. The zero-order valence-electron chi connectivity index (χ0n) is 13.0. The van der Waals surface area contributed by atoms with Gasteiger partial charge in [-0.2, -0.15) is 12.7 Å². The Labute approximate surface area is 135 Å². The van der Waals surface area contributed by atoms with Crippen molar-refractivity contribution in [1.29, 1.82) is 0 Å². The third-order valence-corrected chi connectivity index (χ3v) is 5.53. The van der Waals surface area contributed by atoms with Crippen LogP contribution in [0.2, 0.25) is 0 Å². The average Bonchev–Trinajstić information content (AvgIpc) is 2.54. The van der Waals surface area contributed by atoms with Gasteiger partial charge < -0.3 is 4.74 Å². The number of nitrogens with zero attached hydrogens (tertiary/aromatic N) is 1. The predicted molar refractivity (Wildman–Crippen MR) is 83.3 cm³/mol. The van der Waals surface area contributed by atoms with Crippen LogP contribution in [0.3, 0.4) is 0 Å². The van der Waals surface area contributed by atoms with Crippen molar-refractivity contribution in [3.63, 3.8) is 0 Å². The molecule has 0 bridgehead atoms. The maximum atomic E-state index is 13.1. The Hall–Kier alpha value is -1.51. The zero-order chi connectivity index (χ0) is 16.9. The lowest BCUT2D eigenvalue weighted by Crippen LogP contribution is -2.46. The van der Waals surface area contributed by atoms with Gasteiger partial charge in [0.1, 0.15) is 5.82 Å². The van der Waals surface area contributed by atoms with E-state index in [1.807, 2.05) is 0 Å². The van der Waals surface area contributed by atoms with E-state index in [0.717, 1.165) is 5.56 Å². The van der Waals surface area contributed by atoms with E-state index < -0.39 is 10.2 Å². The third-order valence-electron chi connectivity index (χ3n) is 3.92. The van der Waals surface area contributed by atoms with Crippen molar-refractivity contribution in [2.45, 2.75) is 19.3 Å². The molecule has 0 amide bonds. The number of hydrogen-bond acceptors (Lipinski definition) is 4. The molecule has 0 aromatic heterocycles. The van der Waals surface area contributed by atoms with Crippen LogP contribution in [0.1, 0.15) is 18.4 Å². The highest BCUT2D eigenvalue weighted by molar-refractivity contribution is 7.87. The summed E-state index contributed by atoms with van der Waals surface area (Å²) in [6.07, 6.45) is 1.32. The zero-order valence-corrected chi connectivity index (χ0v) is 13.8. The summed E-state index contributed by atoms with van der Waals surface area (Å²) in [5, 5.41) is 0. The standard InChI is InChI=1S/C15H21FN2O4S/c1-22-15(19)13-6-9-18(10-7-13)23(20,21)17-8-5-12-3-2-4-14(16)11-12/h2-4,11,13,17H,5-10H2,1H3. The van der Waals surface area contributed by atoms with Crippen molar-refractivity contribution in [1.82, 2.24) is 9.03 Å². The van der Waals surface area contributed by atoms with Crippen LogP contribution in [-0.2, 0) is 26.2 Å². The number of hydrogen-bond donors (Lipinski definition) is 1. The molecule has 1 aromatic carbocycles. The van der Waals surface area contributed by atoms with Crippen LogP contribution in [0, 0.1) is 11.7 Å². The molecule has 0 spiro atoms. The van der Waals surface area contributed by atoms with E-state index >= 15 is 0 Å². The number of piperidine rings is 1. The first kappa shape index (κ1) is 17.8. The van der Waals surface area contributed by atoms with Gasteiger partial charge in [0.25, 0.3) is 10.2 Å². The van der Waals surface area contributed by atoms with Gasteiger partial charge in [-0.25, -0.2) is 9.11 Å². The summed E-state index contributed by atoms with van der Waals surface area (Å²) in [5.74, 6) is -0.866. The lowest BCUT2D eigenvalue weighted by atomic mass is 9.99. The number of benzene rings is 1. The van der Waals surface area contributed by atoms with Crippen LogP contribution in [0.15, 0.2) is 24.3 Å². The molecule has 6 nitrogen and oxygen atoms in total. The molecule has 8 heteroatoms. The van der Waals surface area contributed by atoms with Gasteiger partial charge in [-0.1, -0.05) is 12.1 Å². The van der Waals surface area contributed by atoms with Crippen molar-refractivity contribution >= 4 is 16.2 Å². The summed E-state index contributed by atoms with van der Waals surface area (Å²) in [6, 6.07) is 6.07. The second kappa shape index (κ2) is 7.85. The third kappa shape index (κ3) is 4.98. The van der Waals surface area contributed by atoms with Crippen molar-refractivity contribution in [2.24, 2.45) is 5.92 Å². The molecule has 23 heavy (non-hydrogen) atoms. The van der Waals surface area contributed by atoms with E-state index in [0.29, 0.717) is 19.3 Å². The van der Waals surface area contributed by atoms with E-state index in [4.69, 9.17) is 0 Å². The van der Waals surface area contributed by atoms with Crippen LogP contribution >= 0.6 is 0 Å². The quantitative estimate of drug-likeness (QED) is 0.784. The normalized spacial score (nSPS) is 17.1. The van der Waals surface area contributed by atoms with Gasteiger partial charge in [-0.15, -0.1) is 0 Å². The fraction of sp³-hybridized carbons (Fsp3) is 0.533. The van der Waals surface area contributed by atoms with Crippen molar-refractivity contribution in [3.05, 3.63) is 35.6 Å². The summed E-state index contributed by atoms with van der Waals surface area (Å²) in [5.41, 5.74) is 0.733. The topological polar surface area (TPSA) is 75.7 Å². The summed E-state index contributed by atoms with van der Waals surface area (Å²) in [7, 11) is -2.25. The van der Waals surface area contributed by atoms with Crippen molar-refractivity contribution in [2.75, 3.05) is 26.7 Å². The molecule has 0 atom stereocenters. The van der Waals surface area contributed by atoms with E-state index in [1.165, 1.54) is 23.5 Å². The fourth-order valence-corrected chi connectivity index (χ4v) is 3.84. The Balaban J connectivity index is 1.82. The smallest absolute Gasteiger partial charge is 0.308 e. The Morgan fingerprint density at radius 2 is 2.09 bits per heavy atom. The summed E-state index contributed by atoms with van der Waals surface area (Å²) in [6.45, 7) is 0.771. The molecule has 0 unspecified atom stereocenters. The van der Waals surface area contributed by atoms with Gasteiger partial charge in [0, 0.05) is 19.6 Å². The van der Waals surface area contributed by atoms with Gasteiger partial charge in [0.2, 0.25) is 0 Å². The molecular formula is C15H21FN2O4S. The molecule has 2 rings (SSSR count). The van der Waals surface area contributed by atoms with E-state index in [9.17, 15) is 17.6 Å². The molecule has 0 radical (unpaired) electrons. The highest BCUT2D eigenvalue weighted by Crippen LogP contribution is 2.20. The SMILES string of the molecule is COC(=O)C1CCN(S(=O)(=O)NCCc2cccc(F)c2)CC1. The number of carbonyl (C=O) groups excluding carboxylic acids is 1. The van der Waals surface area contributed by atoms with E-state index in [2.05, 4.69) is 9.46 Å². The molecule has 1 aliphatic rings. The maximum absolute atomic E-state index is 13.1. The van der Waals surface area contributed by atoms with E-state index in [1.54, 1.807) is 12.1 Å². The second-order valence-electron chi connectivity index (χ2n) is 5.48. The van der Waals surface area contributed by atoms with Crippen LogP contribution < -0.4 is 4.72 Å². The lowest BCUT2D eigenvalue weighted by molar-refractivity contribution is -0.146. The minimum absolute atomic E-state index is 0.197. The number of nitrogens with one attached hydrogen (secondary N) is 1. The highest BCUT2D eigenvalue weighted by atomic mass is 32.2. The Kier molecular flexibility index (Phi) is 6.09. The Morgan fingerprint density at radius 3 is 2.70 bits per heavy atom. The molecule has 1 fully saturated rings. The number of carbonyl (C=O) groups is 1. The summed E-state index contributed by atoms with van der Waals surface area (Å²) < 4.78 is 46.0. The number of rotatable bonds is 6. The van der Waals surface area contributed by atoms with Gasteiger partial charge in [0.15, 0.2) is 0 Å². The van der Waals surface area contributed by atoms with Crippen LogP contribution in [0.25, 0.3) is 0 Å². The second-order valence-corrected chi connectivity index (χ2v) is 7.23. The molecule has 1 N–H and O–H groups in total. The minimum atomic E-state index is -3.58. The number of ether oxygens (including phenoxy) is 1. The fourth-order valence-electron chi connectivity index (χ4n) is 2.61. The first-order chi connectivity index (χ1) is 10.9. The minimum Gasteiger partial charge on any atom is -0.469 e. The van der Waals surface area contributed by atoms with Crippen LogP contribution in [0.5, 0.6) is 0 Å². The van der Waals surface area contributed by atoms with Gasteiger partial charge in [-0.05, 0) is 37.0 Å². The van der Waals surface area contributed by atoms with Crippen LogP contribution in [0.4, 0.5) is 4.39 Å². The van der Waals surface area contributed by atoms with Crippen molar-refractivity contribution < 1.29 is 22.3 Å². The number of esters is 1. The molecular weight excluding hydrogens is 323 g/mol. The molecule has 128 valence electrons. The Morgan fingerprint density at radius 1 is 1.39 bits per heavy atom. The first-order valence-corrected chi connectivity index (χ1v) is 8.93. The molecule has 0 aliphatic carbocycles. The number of methoxy groups -OCH3 is 1. The molecule has 1 saturated heterocycles. The average molecular weight is 344 g/mol. The lowest BCUT2D eigenvalue weighted by Gasteiger charge is -2.29. The van der Waals surface area contributed by atoms with Gasteiger partial charge in [-0.3, -0.25) is 4.79 Å². The highest BCUT2D eigenvalue weighted by Gasteiger charge is 2.31. The van der Waals surface area contributed by atoms with E-state index in [-0.39, 0.29) is 37.3 Å². The summed E-state index contributed by atoms with van der Waals surface area (Å²) in [4.78, 5) is 11.4. The molecule has 1 aliphatic heterocycles. The largest absolute Gasteiger partial charge is 0.469 e. The summed E-state index contributed by atoms with van der Waals surface area (Å²) >= 11 is 0. The Bertz CT molecular complexity index is 643. The number of halogens is 1.